The molecule has 0 bridgehead atoms. The Bertz CT molecular complexity index is 516. The highest BCUT2D eigenvalue weighted by atomic mass is 19.1. The van der Waals surface area contributed by atoms with E-state index in [1.54, 1.807) is 0 Å². The van der Waals surface area contributed by atoms with Gasteiger partial charge in [-0.3, -0.25) is 14.4 Å². The third-order valence-corrected chi connectivity index (χ3v) is 2.82. The topological polar surface area (TPSA) is 98.5 Å². The number of nitrogens with two attached hydrogens (primary N) is 1. The summed E-state index contributed by atoms with van der Waals surface area (Å²) in [6, 6.07) is 4.49. The van der Waals surface area contributed by atoms with Gasteiger partial charge in [0.1, 0.15) is 11.9 Å². The fourth-order valence-corrected chi connectivity index (χ4v) is 1.68. The van der Waals surface area contributed by atoms with Crippen molar-refractivity contribution in [3.8, 4) is 0 Å². The average molecular weight is 296 g/mol. The minimum Gasteiger partial charge on any atom is -0.469 e. The number of hydrogen-bond donors (Lipinski definition) is 2. The second-order valence-corrected chi connectivity index (χ2v) is 4.44. The maximum atomic E-state index is 12.7. The highest BCUT2D eigenvalue weighted by molar-refractivity contribution is 5.87. The number of nitrogens with one attached hydrogen (secondary N) is 1. The molecule has 0 spiro atoms. The summed E-state index contributed by atoms with van der Waals surface area (Å²) in [5.41, 5.74) is 5.77. The van der Waals surface area contributed by atoms with Gasteiger partial charge >= 0.3 is 5.97 Å². The van der Waals surface area contributed by atoms with Crippen LogP contribution in [0.5, 0.6) is 0 Å². The van der Waals surface area contributed by atoms with E-state index in [9.17, 15) is 18.8 Å². The molecule has 1 aromatic carbocycles. The number of ether oxygens (including phenoxy) is 1. The largest absolute Gasteiger partial charge is 0.469 e. The smallest absolute Gasteiger partial charge is 0.305 e. The van der Waals surface area contributed by atoms with Crippen molar-refractivity contribution in [1.82, 2.24) is 5.32 Å². The molecule has 7 heteroatoms. The lowest BCUT2D eigenvalue weighted by molar-refractivity contribution is -0.141. The van der Waals surface area contributed by atoms with Gasteiger partial charge in [-0.15, -0.1) is 0 Å². The molecule has 1 aromatic rings. The van der Waals surface area contributed by atoms with E-state index in [0.29, 0.717) is 5.56 Å². The molecule has 2 amide bonds. The standard InChI is InChI=1S/C14H17FN2O4/c1-21-13(19)7-6-11(14(16)20)17-12(18)8-9-2-4-10(15)5-3-9/h2-5,11H,6-8H2,1H3,(H2,16,20)(H,17,18)/t11-/m0/s1. The van der Waals surface area contributed by atoms with E-state index in [0.717, 1.165) is 0 Å². The number of primary amides is 1. The highest BCUT2D eigenvalue weighted by Gasteiger charge is 2.19. The van der Waals surface area contributed by atoms with Gasteiger partial charge in [0.05, 0.1) is 13.5 Å². The lowest BCUT2D eigenvalue weighted by Crippen LogP contribution is -2.45. The minimum atomic E-state index is -0.947. The van der Waals surface area contributed by atoms with E-state index in [1.807, 2.05) is 0 Å². The van der Waals surface area contributed by atoms with E-state index in [-0.39, 0.29) is 19.3 Å². The Hall–Kier alpha value is -2.44. The minimum absolute atomic E-state index is 0.0116. The van der Waals surface area contributed by atoms with Gasteiger partial charge in [0.25, 0.3) is 0 Å². The molecule has 0 fully saturated rings. The number of carbonyl (C=O) groups is 3. The first-order valence-corrected chi connectivity index (χ1v) is 6.32. The molecule has 0 radical (unpaired) electrons. The summed E-state index contributed by atoms with van der Waals surface area (Å²) in [7, 11) is 1.23. The molecule has 0 heterocycles. The fraction of sp³-hybridized carbons (Fsp3) is 0.357. The van der Waals surface area contributed by atoms with Gasteiger partial charge in [0, 0.05) is 6.42 Å². The highest BCUT2D eigenvalue weighted by Crippen LogP contribution is 2.05. The summed E-state index contributed by atoms with van der Waals surface area (Å²) in [4.78, 5) is 34.1. The van der Waals surface area contributed by atoms with Gasteiger partial charge in [-0.05, 0) is 24.1 Å². The van der Waals surface area contributed by atoms with Crippen LogP contribution in [0.3, 0.4) is 0 Å². The summed E-state index contributed by atoms with van der Waals surface area (Å²) in [6.07, 6.45) is 0.0282. The van der Waals surface area contributed by atoms with E-state index in [2.05, 4.69) is 10.1 Å². The summed E-state index contributed by atoms with van der Waals surface area (Å²) in [5.74, 6) is -2.05. The fourth-order valence-electron chi connectivity index (χ4n) is 1.68. The maximum Gasteiger partial charge on any atom is 0.305 e. The SMILES string of the molecule is COC(=O)CC[C@H](NC(=O)Cc1ccc(F)cc1)C(N)=O. The van der Waals surface area contributed by atoms with Crippen molar-refractivity contribution in [1.29, 1.82) is 0 Å². The van der Waals surface area contributed by atoms with Crippen LogP contribution in [-0.2, 0) is 25.5 Å². The quantitative estimate of drug-likeness (QED) is 0.707. The summed E-state index contributed by atoms with van der Waals surface area (Å²) < 4.78 is 17.2. The van der Waals surface area contributed by atoms with E-state index in [1.165, 1.54) is 31.4 Å². The molecule has 114 valence electrons. The van der Waals surface area contributed by atoms with Crippen LogP contribution < -0.4 is 11.1 Å². The van der Waals surface area contributed by atoms with Crippen LogP contribution in [0.1, 0.15) is 18.4 Å². The molecule has 1 rings (SSSR count). The second-order valence-electron chi connectivity index (χ2n) is 4.44. The van der Waals surface area contributed by atoms with E-state index in [4.69, 9.17) is 5.73 Å². The van der Waals surface area contributed by atoms with Crippen molar-refractivity contribution in [2.24, 2.45) is 5.73 Å². The molecule has 6 nitrogen and oxygen atoms in total. The van der Waals surface area contributed by atoms with Crippen LogP contribution in [0, 0.1) is 5.82 Å². The van der Waals surface area contributed by atoms with Crippen molar-refractivity contribution in [2.45, 2.75) is 25.3 Å². The van der Waals surface area contributed by atoms with Crippen molar-refractivity contribution in [2.75, 3.05) is 7.11 Å². The van der Waals surface area contributed by atoms with Gasteiger partial charge < -0.3 is 15.8 Å². The lowest BCUT2D eigenvalue weighted by Gasteiger charge is -2.14. The number of methoxy groups -OCH3 is 1. The molecule has 0 aliphatic carbocycles. The number of benzene rings is 1. The van der Waals surface area contributed by atoms with Gasteiger partial charge in [-0.1, -0.05) is 12.1 Å². The van der Waals surface area contributed by atoms with E-state index < -0.39 is 29.6 Å². The third kappa shape index (κ3) is 6.03. The van der Waals surface area contributed by atoms with Crippen molar-refractivity contribution in [3.63, 3.8) is 0 Å². The maximum absolute atomic E-state index is 12.7. The number of hydrogen-bond acceptors (Lipinski definition) is 4. The Labute approximate surface area is 121 Å². The first-order chi connectivity index (χ1) is 9.92. The predicted molar refractivity (Wildman–Crippen MR) is 72.5 cm³/mol. The summed E-state index contributed by atoms with van der Waals surface area (Å²) >= 11 is 0. The Morgan fingerprint density at radius 3 is 2.43 bits per heavy atom. The zero-order chi connectivity index (χ0) is 15.8. The van der Waals surface area contributed by atoms with Gasteiger partial charge in [0.2, 0.25) is 11.8 Å². The van der Waals surface area contributed by atoms with Crippen LogP contribution in [0.4, 0.5) is 4.39 Å². The predicted octanol–water partition coefficient (Wildman–Crippen LogP) is 0.291. The number of rotatable bonds is 7. The number of esters is 1. The van der Waals surface area contributed by atoms with E-state index >= 15 is 0 Å². The van der Waals surface area contributed by atoms with Gasteiger partial charge in [-0.25, -0.2) is 4.39 Å². The molecule has 0 unspecified atom stereocenters. The number of halogens is 1. The summed E-state index contributed by atoms with van der Waals surface area (Å²) in [6.45, 7) is 0. The molecule has 0 aromatic heterocycles. The molecule has 0 aliphatic rings. The molecule has 3 N–H and O–H groups in total. The Kier molecular flexibility index (Phi) is 6.32. The Morgan fingerprint density at radius 2 is 1.90 bits per heavy atom. The van der Waals surface area contributed by atoms with Crippen molar-refractivity contribution >= 4 is 17.8 Å². The Morgan fingerprint density at radius 1 is 1.29 bits per heavy atom. The normalized spacial score (nSPS) is 11.5. The first kappa shape index (κ1) is 16.6. The van der Waals surface area contributed by atoms with Crippen LogP contribution in [0.25, 0.3) is 0 Å². The number of carbonyl (C=O) groups excluding carboxylic acids is 3. The molecule has 0 saturated carbocycles. The average Bonchev–Trinajstić information content (AvgIpc) is 2.45. The monoisotopic (exact) mass is 296 g/mol. The van der Waals surface area contributed by atoms with Crippen LogP contribution in [0.2, 0.25) is 0 Å². The zero-order valence-electron chi connectivity index (χ0n) is 11.6. The van der Waals surface area contributed by atoms with Gasteiger partial charge in [-0.2, -0.15) is 0 Å². The molecule has 0 aliphatic heterocycles. The zero-order valence-corrected chi connectivity index (χ0v) is 11.6. The first-order valence-electron chi connectivity index (χ1n) is 6.32. The van der Waals surface area contributed by atoms with Crippen LogP contribution >= 0.6 is 0 Å². The molecule has 1 atom stereocenters. The Balaban J connectivity index is 2.54. The summed E-state index contributed by atoms with van der Waals surface area (Å²) in [5, 5.41) is 2.44. The second kappa shape index (κ2) is 7.98. The lowest BCUT2D eigenvalue weighted by atomic mass is 10.1. The molecular formula is C14H17FN2O4. The van der Waals surface area contributed by atoms with Crippen LogP contribution in [0.15, 0.2) is 24.3 Å². The number of amides is 2. The molecular weight excluding hydrogens is 279 g/mol. The molecule has 21 heavy (non-hydrogen) atoms. The third-order valence-electron chi connectivity index (χ3n) is 2.82. The van der Waals surface area contributed by atoms with Crippen LogP contribution in [-0.4, -0.2) is 30.9 Å². The van der Waals surface area contributed by atoms with Gasteiger partial charge in [0.15, 0.2) is 0 Å². The van der Waals surface area contributed by atoms with Crippen molar-refractivity contribution in [3.05, 3.63) is 35.6 Å². The van der Waals surface area contributed by atoms with Crippen molar-refractivity contribution < 1.29 is 23.5 Å². The molecule has 0 saturated heterocycles.